The minimum atomic E-state index is -0.385. The van der Waals surface area contributed by atoms with Gasteiger partial charge in [0.1, 0.15) is 6.04 Å². The van der Waals surface area contributed by atoms with Crippen molar-refractivity contribution in [2.24, 2.45) is 7.05 Å². The molecule has 0 aliphatic rings. The third-order valence-corrected chi connectivity index (χ3v) is 3.49. The van der Waals surface area contributed by atoms with E-state index < -0.39 is 0 Å². The number of nitrogens with zero attached hydrogens (tertiary/aromatic N) is 2. The molecule has 0 spiro atoms. The summed E-state index contributed by atoms with van der Waals surface area (Å²) in [7, 11) is 3.59. The smallest absolute Gasteiger partial charge is 0.241 e. The van der Waals surface area contributed by atoms with Crippen LogP contribution in [0.1, 0.15) is 17.2 Å². The molecule has 7 heteroatoms. The number of rotatable bonds is 6. The molecule has 0 saturated heterocycles. The molecule has 22 heavy (non-hydrogen) atoms. The van der Waals surface area contributed by atoms with E-state index in [1.807, 2.05) is 37.5 Å². The van der Waals surface area contributed by atoms with Crippen molar-refractivity contribution in [2.75, 3.05) is 13.6 Å². The molecule has 1 heterocycles. The molecule has 0 aliphatic heterocycles. The molecule has 1 aromatic carbocycles. The molecule has 2 aromatic rings. The largest absolute Gasteiger partial charge is 0.354 e. The number of nitrogens with one attached hydrogen (secondary N) is 2. The average molecular weight is 343 g/mol. The lowest BCUT2D eigenvalue weighted by Crippen LogP contribution is -2.36. The lowest BCUT2D eigenvalue weighted by molar-refractivity contribution is -0.123. The summed E-state index contributed by atoms with van der Waals surface area (Å²) in [5.41, 5.74) is 1.99. The Morgan fingerprint density at radius 1 is 1.36 bits per heavy atom. The van der Waals surface area contributed by atoms with Crippen LogP contribution in [0.15, 0.2) is 36.7 Å². The number of aryl methyl sites for hydroxylation is 1. The number of hydrogen-bond donors (Lipinski definition) is 2. The van der Waals surface area contributed by atoms with E-state index in [4.69, 9.17) is 11.6 Å². The molecule has 2 rings (SSSR count). The number of carbonyl (C=O) groups excluding carboxylic acids is 1. The van der Waals surface area contributed by atoms with Crippen molar-refractivity contribution in [3.05, 3.63) is 52.8 Å². The highest BCUT2D eigenvalue weighted by molar-refractivity contribution is 6.30. The SMILES string of the molecule is CNC(C(=O)NCCc1ccc(Cl)cc1)c1cnn(C)c1.Cl. The fourth-order valence-electron chi connectivity index (χ4n) is 2.12. The van der Waals surface area contributed by atoms with E-state index in [9.17, 15) is 4.79 Å². The van der Waals surface area contributed by atoms with E-state index in [0.717, 1.165) is 22.6 Å². The first-order valence-corrected chi connectivity index (χ1v) is 7.16. The first-order valence-electron chi connectivity index (χ1n) is 6.78. The summed E-state index contributed by atoms with van der Waals surface area (Å²) in [6, 6.07) is 7.25. The lowest BCUT2D eigenvalue weighted by atomic mass is 10.1. The second-order valence-corrected chi connectivity index (χ2v) is 5.27. The van der Waals surface area contributed by atoms with Gasteiger partial charge in [0.2, 0.25) is 5.91 Å². The Morgan fingerprint density at radius 2 is 2.05 bits per heavy atom. The predicted octanol–water partition coefficient (Wildman–Crippen LogP) is 2.11. The van der Waals surface area contributed by atoms with E-state index >= 15 is 0 Å². The van der Waals surface area contributed by atoms with Gasteiger partial charge in [0.25, 0.3) is 0 Å². The minimum Gasteiger partial charge on any atom is -0.354 e. The first kappa shape index (κ1) is 18.5. The average Bonchev–Trinajstić information content (AvgIpc) is 2.88. The molecule has 1 amide bonds. The molecule has 1 unspecified atom stereocenters. The zero-order valence-corrected chi connectivity index (χ0v) is 14.1. The first-order chi connectivity index (χ1) is 10.1. The Bertz CT molecular complexity index is 598. The summed E-state index contributed by atoms with van der Waals surface area (Å²) in [6.45, 7) is 0.582. The van der Waals surface area contributed by atoms with Crippen molar-refractivity contribution in [1.82, 2.24) is 20.4 Å². The molecule has 120 valence electrons. The molecule has 0 aliphatic carbocycles. The van der Waals surface area contributed by atoms with Gasteiger partial charge < -0.3 is 10.6 Å². The van der Waals surface area contributed by atoms with Crippen LogP contribution in [-0.4, -0.2) is 29.3 Å². The van der Waals surface area contributed by atoms with Crippen LogP contribution in [0.4, 0.5) is 0 Å². The highest BCUT2D eigenvalue weighted by Crippen LogP contribution is 2.12. The summed E-state index contributed by atoms with van der Waals surface area (Å²) in [6.07, 6.45) is 4.30. The van der Waals surface area contributed by atoms with Gasteiger partial charge in [-0.3, -0.25) is 9.48 Å². The number of amides is 1. The molecule has 2 N–H and O–H groups in total. The molecule has 0 fully saturated rings. The molecule has 0 radical (unpaired) electrons. The van der Waals surface area contributed by atoms with Gasteiger partial charge in [-0.2, -0.15) is 5.10 Å². The Kier molecular flexibility index (Phi) is 7.38. The van der Waals surface area contributed by atoms with Crippen LogP contribution < -0.4 is 10.6 Å². The molecule has 0 bridgehead atoms. The number of carbonyl (C=O) groups is 1. The quantitative estimate of drug-likeness (QED) is 0.845. The Labute approximate surface area is 141 Å². The van der Waals surface area contributed by atoms with Crippen molar-refractivity contribution >= 4 is 29.9 Å². The third kappa shape index (κ3) is 5.02. The van der Waals surface area contributed by atoms with Crippen LogP contribution in [0.3, 0.4) is 0 Å². The molecular formula is C15H20Cl2N4O. The third-order valence-electron chi connectivity index (χ3n) is 3.24. The van der Waals surface area contributed by atoms with E-state index in [-0.39, 0.29) is 24.4 Å². The van der Waals surface area contributed by atoms with Gasteiger partial charge in [-0.25, -0.2) is 0 Å². The van der Waals surface area contributed by atoms with Gasteiger partial charge in [-0.05, 0) is 31.2 Å². The Hall–Kier alpha value is -1.56. The van der Waals surface area contributed by atoms with E-state index in [1.54, 1.807) is 17.9 Å². The Morgan fingerprint density at radius 3 is 2.59 bits per heavy atom. The maximum absolute atomic E-state index is 12.2. The van der Waals surface area contributed by atoms with E-state index in [2.05, 4.69) is 15.7 Å². The van der Waals surface area contributed by atoms with E-state index in [0.29, 0.717) is 6.54 Å². The van der Waals surface area contributed by atoms with Crippen LogP contribution in [0.2, 0.25) is 5.02 Å². The second kappa shape index (κ2) is 8.78. The van der Waals surface area contributed by atoms with Crippen molar-refractivity contribution in [2.45, 2.75) is 12.5 Å². The topological polar surface area (TPSA) is 59.0 Å². The summed E-state index contributed by atoms with van der Waals surface area (Å²) >= 11 is 5.84. The van der Waals surface area contributed by atoms with Gasteiger partial charge in [0, 0.05) is 30.4 Å². The number of benzene rings is 1. The van der Waals surface area contributed by atoms with Crippen molar-refractivity contribution < 1.29 is 4.79 Å². The van der Waals surface area contributed by atoms with E-state index in [1.165, 1.54) is 0 Å². The lowest BCUT2D eigenvalue weighted by Gasteiger charge is -2.14. The van der Waals surface area contributed by atoms with Gasteiger partial charge in [0.15, 0.2) is 0 Å². The normalized spacial score (nSPS) is 11.6. The monoisotopic (exact) mass is 342 g/mol. The zero-order valence-electron chi connectivity index (χ0n) is 12.5. The fraction of sp³-hybridized carbons (Fsp3) is 0.333. The van der Waals surface area contributed by atoms with Crippen molar-refractivity contribution in [3.63, 3.8) is 0 Å². The molecule has 0 saturated carbocycles. The number of hydrogen-bond acceptors (Lipinski definition) is 3. The molecular weight excluding hydrogens is 323 g/mol. The highest BCUT2D eigenvalue weighted by Gasteiger charge is 2.19. The van der Waals surface area contributed by atoms with Gasteiger partial charge >= 0.3 is 0 Å². The highest BCUT2D eigenvalue weighted by atomic mass is 35.5. The summed E-state index contributed by atoms with van der Waals surface area (Å²) in [4.78, 5) is 12.2. The Balaban J connectivity index is 0.00000242. The van der Waals surface area contributed by atoms with Crippen molar-refractivity contribution in [3.8, 4) is 0 Å². The fourth-order valence-corrected chi connectivity index (χ4v) is 2.25. The summed E-state index contributed by atoms with van der Waals surface area (Å²) in [5, 5.41) is 10.7. The standard InChI is InChI=1S/C15H19ClN4O.ClH/c1-17-14(12-9-19-20(2)10-12)15(21)18-8-7-11-3-5-13(16)6-4-11;/h3-6,9-10,14,17H,7-8H2,1-2H3,(H,18,21);1H. The zero-order chi connectivity index (χ0) is 15.2. The second-order valence-electron chi connectivity index (χ2n) is 4.84. The van der Waals surface area contributed by atoms with Gasteiger partial charge in [-0.1, -0.05) is 23.7 Å². The number of aromatic nitrogens is 2. The molecule has 1 aromatic heterocycles. The van der Waals surface area contributed by atoms with Crippen LogP contribution in [0.25, 0.3) is 0 Å². The number of halogens is 2. The predicted molar refractivity (Wildman–Crippen MR) is 90.4 cm³/mol. The van der Waals surface area contributed by atoms with Gasteiger partial charge in [0.05, 0.1) is 6.20 Å². The number of likely N-dealkylation sites (N-methyl/N-ethyl adjacent to an activating group) is 1. The van der Waals surface area contributed by atoms with Crippen LogP contribution >= 0.6 is 24.0 Å². The molecule has 5 nitrogen and oxygen atoms in total. The molecule has 1 atom stereocenters. The van der Waals surface area contributed by atoms with Crippen LogP contribution in [0, 0.1) is 0 Å². The van der Waals surface area contributed by atoms with Gasteiger partial charge in [-0.15, -0.1) is 12.4 Å². The maximum Gasteiger partial charge on any atom is 0.241 e. The van der Waals surface area contributed by atoms with Crippen LogP contribution in [-0.2, 0) is 18.3 Å². The van der Waals surface area contributed by atoms with Crippen LogP contribution in [0.5, 0.6) is 0 Å². The maximum atomic E-state index is 12.2. The summed E-state index contributed by atoms with van der Waals surface area (Å²) in [5.74, 6) is -0.0561. The summed E-state index contributed by atoms with van der Waals surface area (Å²) < 4.78 is 1.68. The van der Waals surface area contributed by atoms with Crippen molar-refractivity contribution in [1.29, 1.82) is 0 Å². The minimum absolute atomic E-state index is 0.